The van der Waals surface area contributed by atoms with Crippen molar-refractivity contribution in [2.24, 2.45) is 0 Å². The van der Waals surface area contributed by atoms with E-state index in [0.717, 1.165) is 13.1 Å². The van der Waals surface area contributed by atoms with Crippen molar-refractivity contribution in [1.82, 2.24) is 15.1 Å². The first-order valence-electron chi connectivity index (χ1n) is 5.62. The predicted octanol–water partition coefficient (Wildman–Crippen LogP) is 1.13. The number of hydrogen-bond donors (Lipinski definition) is 1. The van der Waals surface area contributed by atoms with E-state index in [1.54, 1.807) is 6.20 Å². The van der Waals surface area contributed by atoms with Crippen LogP contribution in [0.25, 0.3) is 0 Å². The molecule has 0 amide bonds. The molecule has 1 rings (SSSR count). The summed E-state index contributed by atoms with van der Waals surface area (Å²) < 4.78 is 1.39. The number of aromatic nitrogens is 2. The highest BCUT2D eigenvalue weighted by Crippen LogP contribution is 2.19. The van der Waals surface area contributed by atoms with Gasteiger partial charge in [-0.3, -0.25) is 4.79 Å². The lowest BCUT2D eigenvalue weighted by molar-refractivity contribution is 0.502. The quantitative estimate of drug-likeness (QED) is 0.860. The van der Waals surface area contributed by atoms with Crippen molar-refractivity contribution in [3.8, 4) is 0 Å². The van der Waals surface area contributed by atoms with Gasteiger partial charge >= 0.3 is 0 Å². The van der Waals surface area contributed by atoms with Gasteiger partial charge in [-0.1, -0.05) is 11.6 Å². The van der Waals surface area contributed by atoms with Crippen LogP contribution in [0.2, 0.25) is 5.02 Å². The number of hydrogen-bond acceptors (Lipinski definition) is 4. The number of rotatable bonds is 5. The lowest BCUT2D eigenvalue weighted by Crippen LogP contribution is -2.31. The molecule has 0 aliphatic heterocycles. The first-order valence-corrected chi connectivity index (χ1v) is 6.00. The Labute approximate surface area is 106 Å². The molecule has 0 aliphatic carbocycles. The summed E-state index contributed by atoms with van der Waals surface area (Å²) in [5.74, 6) is 0. The van der Waals surface area contributed by atoms with Crippen molar-refractivity contribution >= 4 is 17.3 Å². The minimum Gasteiger partial charge on any atom is -0.371 e. The number of halogens is 1. The van der Waals surface area contributed by atoms with Gasteiger partial charge in [0.25, 0.3) is 5.56 Å². The van der Waals surface area contributed by atoms with Crippen molar-refractivity contribution in [2.45, 2.75) is 19.9 Å². The van der Waals surface area contributed by atoms with Crippen molar-refractivity contribution in [2.75, 3.05) is 32.1 Å². The van der Waals surface area contributed by atoms with E-state index in [1.807, 2.05) is 32.8 Å². The molecule has 0 saturated carbocycles. The molecule has 0 saturated heterocycles. The maximum Gasteiger partial charge on any atom is 0.287 e. The first kappa shape index (κ1) is 14.0. The summed E-state index contributed by atoms with van der Waals surface area (Å²) in [7, 11) is 3.77. The predicted molar refractivity (Wildman–Crippen MR) is 71.1 cm³/mol. The van der Waals surface area contributed by atoms with Crippen molar-refractivity contribution in [3.63, 3.8) is 0 Å². The van der Waals surface area contributed by atoms with Crippen LogP contribution in [-0.2, 0) is 0 Å². The fourth-order valence-electron chi connectivity index (χ4n) is 1.47. The van der Waals surface area contributed by atoms with Crippen molar-refractivity contribution < 1.29 is 0 Å². The lowest BCUT2D eigenvalue weighted by atomic mass is 10.3. The molecule has 0 unspecified atom stereocenters. The topological polar surface area (TPSA) is 50.2 Å². The standard InChI is InChI=1S/C11H19ClN4O/c1-8(2)16-11(17)10(12)9(7-14-16)15(4)6-5-13-3/h7-8,13H,5-6H2,1-4H3. The van der Waals surface area contributed by atoms with E-state index in [2.05, 4.69) is 10.4 Å². The molecule has 96 valence electrons. The van der Waals surface area contributed by atoms with Gasteiger partial charge < -0.3 is 10.2 Å². The monoisotopic (exact) mass is 258 g/mol. The highest BCUT2D eigenvalue weighted by molar-refractivity contribution is 6.33. The molecule has 0 radical (unpaired) electrons. The van der Waals surface area contributed by atoms with Crippen LogP contribution in [0.1, 0.15) is 19.9 Å². The fourth-order valence-corrected chi connectivity index (χ4v) is 1.75. The van der Waals surface area contributed by atoms with Crippen LogP contribution in [0.5, 0.6) is 0 Å². The van der Waals surface area contributed by atoms with Gasteiger partial charge in [0.2, 0.25) is 0 Å². The largest absolute Gasteiger partial charge is 0.371 e. The normalized spacial score (nSPS) is 10.9. The minimum absolute atomic E-state index is 0.0108. The molecule has 17 heavy (non-hydrogen) atoms. The van der Waals surface area contributed by atoms with Crippen LogP contribution in [0.15, 0.2) is 11.0 Å². The SMILES string of the molecule is CNCCN(C)c1cnn(C(C)C)c(=O)c1Cl. The summed E-state index contributed by atoms with van der Waals surface area (Å²) in [6.45, 7) is 5.38. The summed E-state index contributed by atoms with van der Waals surface area (Å²) in [6, 6.07) is 0.0108. The zero-order valence-corrected chi connectivity index (χ0v) is 11.5. The van der Waals surface area contributed by atoms with E-state index in [1.165, 1.54) is 4.68 Å². The van der Waals surface area contributed by atoms with Gasteiger partial charge in [0.1, 0.15) is 5.02 Å². The Bertz CT molecular complexity index is 430. The third kappa shape index (κ3) is 3.20. The third-order valence-electron chi connectivity index (χ3n) is 2.52. The molecule has 5 nitrogen and oxygen atoms in total. The molecule has 1 aromatic heterocycles. The van der Waals surface area contributed by atoms with Crippen molar-refractivity contribution in [1.29, 1.82) is 0 Å². The molecular weight excluding hydrogens is 240 g/mol. The van der Waals surface area contributed by atoms with Crippen LogP contribution >= 0.6 is 11.6 Å². The first-order chi connectivity index (χ1) is 7.99. The molecule has 1 N–H and O–H groups in total. The molecule has 0 bridgehead atoms. The molecule has 0 fully saturated rings. The summed E-state index contributed by atoms with van der Waals surface area (Å²) in [4.78, 5) is 13.9. The molecule has 0 spiro atoms. The molecule has 0 aromatic carbocycles. The van der Waals surface area contributed by atoms with Gasteiger partial charge in [-0.05, 0) is 20.9 Å². The summed E-state index contributed by atoms with van der Waals surface area (Å²) in [6.07, 6.45) is 1.64. The molecule has 0 atom stereocenters. The average Bonchev–Trinajstić information content (AvgIpc) is 2.29. The Morgan fingerprint density at radius 2 is 2.24 bits per heavy atom. The summed E-state index contributed by atoms with van der Waals surface area (Å²) in [5, 5.41) is 7.40. The Kier molecular flexibility index (Phi) is 4.96. The highest BCUT2D eigenvalue weighted by atomic mass is 35.5. The van der Waals surface area contributed by atoms with Gasteiger partial charge in [-0.2, -0.15) is 5.10 Å². The van der Waals surface area contributed by atoms with E-state index in [0.29, 0.717) is 5.69 Å². The Morgan fingerprint density at radius 1 is 1.59 bits per heavy atom. The van der Waals surface area contributed by atoms with Crippen molar-refractivity contribution in [3.05, 3.63) is 21.6 Å². The van der Waals surface area contributed by atoms with Crippen LogP contribution in [0.3, 0.4) is 0 Å². The summed E-state index contributed by atoms with van der Waals surface area (Å²) in [5.41, 5.74) is 0.430. The van der Waals surface area contributed by atoms with E-state index in [4.69, 9.17) is 11.6 Å². The smallest absolute Gasteiger partial charge is 0.287 e. The average molecular weight is 259 g/mol. The summed E-state index contributed by atoms with van der Waals surface area (Å²) >= 11 is 6.08. The fraction of sp³-hybridized carbons (Fsp3) is 0.636. The maximum absolute atomic E-state index is 11.9. The maximum atomic E-state index is 11.9. The van der Waals surface area contributed by atoms with Crippen LogP contribution < -0.4 is 15.8 Å². The van der Waals surface area contributed by atoms with E-state index in [9.17, 15) is 4.79 Å². The second kappa shape index (κ2) is 6.02. The Hall–Kier alpha value is -1.07. The number of nitrogens with zero attached hydrogens (tertiary/aromatic N) is 3. The molecule has 6 heteroatoms. The number of anilines is 1. The van der Waals surface area contributed by atoms with Crippen LogP contribution in [-0.4, -0.2) is 37.0 Å². The van der Waals surface area contributed by atoms with E-state index in [-0.39, 0.29) is 16.6 Å². The Balaban J connectivity index is 3.04. The second-order valence-corrected chi connectivity index (χ2v) is 4.59. The lowest BCUT2D eigenvalue weighted by Gasteiger charge is -2.20. The third-order valence-corrected chi connectivity index (χ3v) is 2.88. The van der Waals surface area contributed by atoms with Crippen LogP contribution in [0, 0.1) is 0 Å². The number of nitrogens with one attached hydrogen (secondary N) is 1. The highest BCUT2D eigenvalue weighted by Gasteiger charge is 2.13. The zero-order valence-electron chi connectivity index (χ0n) is 10.7. The number of likely N-dealkylation sites (N-methyl/N-ethyl adjacent to an activating group) is 2. The van der Waals surface area contributed by atoms with Crippen LogP contribution in [0.4, 0.5) is 5.69 Å². The van der Waals surface area contributed by atoms with Gasteiger partial charge in [0.05, 0.1) is 17.9 Å². The molecule has 0 aliphatic rings. The molecule has 1 aromatic rings. The van der Waals surface area contributed by atoms with Gasteiger partial charge in [-0.25, -0.2) is 4.68 Å². The van der Waals surface area contributed by atoms with Gasteiger partial charge in [-0.15, -0.1) is 0 Å². The second-order valence-electron chi connectivity index (χ2n) is 4.21. The zero-order chi connectivity index (χ0) is 13.0. The van der Waals surface area contributed by atoms with E-state index >= 15 is 0 Å². The Morgan fingerprint density at radius 3 is 2.76 bits per heavy atom. The van der Waals surface area contributed by atoms with E-state index < -0.39 is 0 Å². The van der Waals surface area contributed by atoms with Gasteiger partial charge in [0, 0.05) is 20.1 Å². The molecule has 1 heterocycles. The van der Waals surface area contributed by atoms with Gasteiger partial charge in [0.15, 0.2) is 0 Å². The minimum atomic E-state index is -0.240. The molecular formula is C11H19ClN4O.